The predicted octanol–water partition coefficient (Wildman–Crippen LogP) is 0.657. The van der Waals surface area contributed by atoms with Gasteiger partial charge in [0.2, 0.25) is 10.0 Å². The molecule has 0 radical (unpaired) electrons. The molecule has 6 heteroatoms. The largest absolute Gasteiger partial charge is 0.316 e. The van der Waals surface area contributed by atoms with Gasteiger partial charge in [-0.2, -0.15) is 11.8 Å². The van der Waals surface area contributed by atoms with Crippen molar-refractivity contribution in [2.45, 2.75) is 25.5 Å². The third-order valence-corrected chi connectivity index (χ3v) is 4.57. The van der Waals surface area contributed by atoms with Gasteiger partial charge in [0.05, 0.1) is 5.25 Å². The Kier molecular flexibility index (Phi) is 8.50. The summed E-state index contributed by atoms with van der Waals surface area (Å²) < 4.78 is 25.9. The Labute approximate surface area is 97.6 Å². The van der Waals surface area contributed by atoms with E-state index in [0.717, 1.165) is 18.7 Å². The third-order valence-electron chi connectivity index (χ3n) is 2.04. The van der Waals surface area contributed by atoms with Gasteiger partial charge < -0.3 is 5.32 Å². The first-order valence-corrected chi connectivity index (χ1v) is 8.16. The van der Waals surface area contributed by atoms with Gasteiger partial charge in [0.25, 0.3) is 0 Å². The molecule has 0 saturated carbocycles. The highest BCUT2D eigenvalue weighted by Gasteiger charge is 2.18. The molecule has 0 rings (SSSR count). The van der Waals surface area contributed by atoms with Gasteiger partial charge in [-0.15, -0.1) is 0 Å². The number of nitrogens with one attached hydrogen (secondary N) is 2. The van der Waals surface area contributed by atoms with Crippen LogP contribution in [-0.4, -0.2) is 45.3 Å². The highest BCUT2D eigenvalue weighted by molar-refractivity contribution is 7.98. The van der Waals surface area contributed by atoms with E-state index in [-0.39, 0.29) is 5.25 Å². The van der Waals surface area contributed by atoms with Crippen molar-refractivity contribution >= 4 is 21.8 Å². The zero-order valence-electron chi connectivity index (χ0n) is 9.75. The van der Waals surface area contributed by atoms with Crippen LogP contribution < -0.4 is 10.0 Å². The smallest absolute Gasteiger partial charge is 0.215 e. The molecule has 92 valence electrons. The average Bonchev–Trinajstić information content (AvgIpc) is 2.21. The van der Waals surface area contributed by atoms with Crippen LogP contribution in [0.25, 0.3) is 0 Å². The van der Waals surface area contributed by atoms with Crippen molar-refractivity contribution in [1.82, 2.24) is 10.0 Å². The van der Waals surface area contributed by atoms with Crippen LogP contribution in [0.5, 0.6) is 0 Å². The molecule has 0 fully saturated rings. The van der Waals surface area contributed by atoms with E-state index in [1.807, 2.05) is 13.2 Å². The number of thioether (sulfide) groups is 1. The molecule has 0 aromatic rings. The van der Waals surface area contributed by atoms with Gasteiger partial charge in [-0.05, 0) is 31.9 Å². The number of sulfonamides is 1. The van der Waals surface area contributed by atoms with Gasteiger partial charge in [-0.3, -0.25) is 0 Å². The van der Waals surface area contributed by atoms with Crippen LogP contribution >= 0.6 is 11.8 Å². The van der Waals surface area contributed by atoms with Crippen molar-refractivity contribution in [1.29, 1.82) is 0 Å². The molecule has 0 amide bonds. The Balaban J connectivity index is 3.84. The quantitative estimate of drug-likeness (QED) is 0.593. The van der Waals surface area contributed by atoms with Crippen molar-refractivity contribution in [3.63, 3.8) is 0 Å². The number of hydrogen-bond donors (Lipinski definition) is 2. The van der Waals surface area contributed by atoms with E-state index in [4.69, 9.17) is 0 Å². The first kappa shape index (κ1) is 15.2. The second kappa shape index (κ2) is 8.38. The molecule has 4 nitrogen and oxygen atoms in total. The fourth-order valence-electron chi connectivity index (χ4n) is 1.03. The Hall–Kier alpha value is 0.220. The highest BCUT2D eigenvalue weighted by atomic mass is 32.2. The van der Waals surface area contributed by atoms with Crippen molar-refractivity contribution in [3.05, 3.63) is 0 Å². The lowest BCUT2D eigenvalue weighted by Gasteiger charge is -2.13. The summed E-state index contributed by atoms with van der Waals surface area (Å²) in [6.07, 6.45) is 2.90. The normalized spacial score (nSPS) is 14.1. The molecule has 0 aliphatic carbocycles. The first-order chi connectivity index (χ1) is 7.04. The van der Waals surface area contributed by atoms with Crippen molar-refractivity contribution < 1.29 is 8.42 Å². The molecule has 0 heterocycles. The summed E-state index contributed by atoms with van der Waals surface area (Å²) in [4.78, 5) is 0. The van der Waals surface area contributed by atoms with Crippen LogP contribution in [0.15, 0.2) is 0 Å². The molecule has 0 saturated heterocycles. The van der Waals surface area contributed by atoms with Gasteiger partial charge in [0.1, 0.15) is 0 Å². The SMILES string of the molecule is CCNCC(C)S(=O)(=O)NCCCSC. The summed E-state index contributed by atoms with van der Waals surface area (Å²) in [6.45, 7) is 5.53. The lowest BCUT2D eigenvalue weighted by molar-refractivity contribution is 0.559. The summed E-state index contributed by atoms with van der Waals surface area (Å²) >= 11 is 1.73. The monoisotopic (exact) mass is 254 g/mol. The highest BCUT2D eigenvalue weighted by Crippen LogP contribution is 1.98. The third kappa shape index (κ3) is 7.16. The van der Waals surface area contributed by atoms with E-state index in [1.165, 1.54) is 0 Å². The van der Waals surface area contributed by atoms with Crippen LogP contribution in [0, 0.1) is 0 Å². The van der Waals surface area contributed by atoms with Gasteiger partial charge in [-0.25, -0.2) is 13.1 Å². The van der Waals surface area contributed by atoms with Crippen LogP contribution in [0.2, 0.25) is 0 Å². The summed E-state index contributed by atoms with van der Waals surface area (Å²) in [7, 11) is -3.13. The van der Waals surface area contributed by atoms with Gasteiger partial charge in [-0.1, -0.05) is 6.92 Å². The van der Waals surface area contributed by atoms with Gasteiger partial charge in [0, 0.05) is 13.1 Å². The van der Waals surface area contributed by atoms with Gasteiger partial charge in [0.15, 0.2) is 0 Å². The van der Waals surface area contributed by atoms with E-state index < -0.39 is 10.0 Å². The topological polar surface area (TPSA) is 58.2 Å². The second-order valence-electron chi connectivity index (χ2n) is 3.40. The van der Waals surface area contributed by atoms with E-state index in [2.05, 4.69) is 10.0 Å². The molecule has 0 aromatic carbocycles. The summed E-state index contributed by atoms with van der Waals surface area (Å²) in [5.74, 6) is 0.990. The Morgan fingerprint density at radius 1 is 1.40 bits per heavy atom. The fraction of sp³-hybridized carbons (Fsp3) is 1.00. The van der Waals surface area contributed by atoms with E-state index in [1.54, 1.807) is 18.7 Å². The predicted molar refractivity (Wildman–Crippen MR) is 67.9 cm³/mol. The minimum atomic E-state index is -3.13. The Morgan fingerprint density at radius 2 is 2.07 bits per heavy atom. The molecule has 0 spiro atoms. The average molecular weight is 254 g/mol. The van der Waals surface area contributed by atoms with Crippen molar-refractivity contribution in [2.24, 2.45) is 0 Å². The maximum Gasteiger partial charge on any atom is 0.215 e. The summed E-state index contributed by atoms with van der Waals surface area (Å²) in [5, 5.41) is 2.66. The molecule has 1 unspecified atom stereocenters. The molecule has 15 heavy (non-hydrogen) atoms. The lowest BCUT2D eigenvalue weighted by Crippen LogP contribution is -2.39. The Bertz CT molecular complexity index is 242. The fourth-order valence-corrected chi connectivity index (χ4v) is 2.51. The van der Waals surface area contributed by atoms with Crippen LogP contribution in [0.1, 0.15) is 20.3 Å². The van der Waals surface area contributed by atoms with Crippen molar-refractivity contribution in [2.75, 3.05) is 31.6 Å². The molecule has 0 aromatic heterocycles. The van der Waals surface area contributed by atoms with Gasteiger partial charge >= 0.3 is 0 Å². The molecule has 0 aliphatic heterocycles. The molecule has 0 bridgehead atoms. The first-order valence-electron chi connectivity index (χ1n) is 5.22. The maximum atomic E-state index is 11.6. The zero-order valence-corrected chi connectivity index (χ0v) is 11.4. The lowest BCUT2D eigenvalue weighted by atomic mass is 10.5. The molecular weight excluding hydrogens is 232 g/mol. The maximum absolute atomic E-state index is 11.6. The minimum absolute atomic E-state index is 0.369. The number of rotatable bonds is 9. The molecular formula is C9H22N2O2S2. The Morgan fingerprint density at radius 3 is 2.60 bits per heavy atom. The van der Waals surface area contributed by atoms with E-state index >= 15 is 0 Å². The standard InChI is InChI=1S/C9H22N2O2S2/c1-4-10-8-9(2)15(12,13)11-6-5-7-14-3/h9-11H,4-8H2,1-3H3. The van der Waals surface area contributed by atoms with E-state index in [0.29, 0.717) is 13.1 Å². The van der Waals surface area contributed by atoms with Crippen LogP contribution in [-0.2, 0) is 10.0 Å². The van der Waals surface area contributed by atoms with Crippen LogP contribution in [0.3, 0.4) is 0 Å². The zero-order chi connectivity index (χ0) is 11.7. The van der Waals surface area contributed by atoms with Crippen molar-refractivity contribution in [3.8, 4) is 0 Å². The second-order valence-corrected chi connectivity index (χ2v) is 6.57. The van der Waals surface area contributed by atoms with E-state index in [9.17, 15) is 8.42 Å². The summed E-state index contributed by atoms with van der Waals surface area (Å²) in [6, 6.07) is 0. The van der Waals surface area contributed by atoms with Crippen LogP contribution in [0.4, 0.5) is 0 Å². The number of hydrogen-bond acceptors (Lipinski definition) is 4. The summed E-state index contributed by atoms with van der Waals surface area (Å²) in [5.41, 5.74) is 0. The molecule has 0 aliphatic rings. The minimum Gasteiger partial charge on any atom is -0.316 e. The molecule has 2 N–H and O–H groups in total. The molecule has 1 atom stereocenters.